The summed E-state index contributed by atoms with van der Waals surface area (Å²) in [6, 6.07) is 12.0. The van der Waals surface area contributed by atoms with Crippen LogP contribution in [0.2, 0.25) is 0 Å². The van der Waals surface area contributed by atoms with Gasteiger partial charge in [0.15, 0.2) is 0 Å². The fourth-order valence-corrected chi connectivity index (χ4v) is 3.05. The molecule has 2 aromatic rings. The van der Waals surface area contributed by atoms with E-state index in [1.165, 1.54) is 48.2 Å². The molecule has 25 heavy (non-hydrogen) atoms. The van der Waals surface area contributed by atoms with Crippen molar-refractivity contribution in [2.24, 2.45) is 0 Å². The van der Waals surface area contributed by atoms with E-state index in [-0.39, 0.29) is 18.2 Å². The second-order valence-electron chi connectivity index (χ2n) is 5.95. The van der Waals surface area contributed by atoms with E-state index in [1.807, 2.05) is 12.1 Å². The molecule has 0 fully saturated rings. The maximum atomic E-state index is 12.1. The van der Waals surface area contributed by atoms with Crippen LogP contribution in [0.3, 0.4) is 0 Å². The third-order valence-corrected chi connectivity index (χ3v) is 4.20. The summed E-state index contributed by atoms with van der Waals surface area (Å²) in [5.41, 5.74) is 4.19. The molecule has 1 aliphatic rings. The maximum Gasteiger partial charge on any atom is 0.387 e. The van der Waals surface area contributed by atoms with Gasteiger partial charge in [-0.15, -0.1) is 0 Å². The van der Waals surface area contributed by atoms with Crippen LogP contribution >= 0.6 is 0 Å². The number of fused-ring (bicyclic) bond motifs is 1. The van der Waals surface area contributed by atoms with E-state index < -0.39 is 6.61 Å². The number of anilines is 2. The predicted molar refractivity (Wildman–Crippen MR) is 93.3 cm³/mol. The fraction of sp³-hybridized carbons (Fsp3) is 0.316. The zero-order valence-electron chi connectivity index (χ0n) is 13.7. The number of rotatable bonds is 6. The molecule has 0 spiro atoms. The lowest BCUT2D eigenvalue weighted by molar-refractivity contribution is -0.114. The summed E-state index contributed by atoms with van der Waals surface area (Å²) in [4.78, 5) is 12.1. The number of carbonyl (C=O) groups excluding carboxylic acids is 1. The maximum absolute atomic E-state index is 12.1. The van der Waals surface area contributed by atoms with Crippen LogP contribution in [0.25, 0.3) is 0 Å². The first-order valence-electron chi connectivity index (χ1n) is 8.31. The molecular formula is C19H20F2N2O2. The first-order valence-corrected chi connectivity index (χ1v) is 8.31. The Kier molecular flexibility index (Phi) is 5.48. The molecule has 6 heteroatoms. The number of halogens is 2. The third-order valence-electron chi connectivity index (χ3n) is 4.20. The summed E-state index contributed by atoms with van der Waals surface area (Å²) in [5.74, 6) is -0.141. The van der Waals surface area contributed by atoms with Crippen LogP contribution in [0.4, 0.5) is 20.2 Å². The number of carbonyl (C=O) groups is 1. The fourth-order valence-electron chi connectivity index (χ4n) is 3.05. The number of ether oxygens (including phenoxy) is 1. The predicted octanol–water partition coefficient (Wildman–Crippen LogP) is 4.22. The summed E-state index contributed by atoms with van der Waals surface area (Å²) >= 11 is 0. The quantitative estimate of drug-likeness (QED) is 0.823. The average molecular weight is 346 g/mol. The van der Waals surface area contributed by atoms with Gasteiger partial charge in [-0.1, -0.05) is 12.1 Å². The molecule has 0 atom stereocenters. The molecule has 0 aliphatic heterocycles. The molecule has 0 saturated heterocycles. The molecule has 0 aromatic heterocycles. The molecule has 0 heterocycles. The molecule has 3 rings (SSSR count). The summed E-state index contributed by atoms with van der Waals surface area (Å²) in [6.45, 7) is -2.72. The second kappa shape index (κ2) is 7.96. The number of aryl methyl sites for hydroxylation is 1. The molecule has 132 valence electrons. The lowest BCUT2D eigenvalue weighted by Crippen LogP contribution is -2.22. The highest BCUT2D eigenvalue weighted by atomic mass is 19.3. The molecule has 2 N–H and O–H groups in total. The zero-order chi connectivity index (χ0) is 17.6. The molecule has 2 aromatic carbocycles. The Balaban J connectivity index is 1.55. The van der Waals surface area contributed by atoms with Gasteiger partial charge >= 0.3 is 6.61 Å². The number of nitrogens with one attached hydrogen (secondary N) is 2. The minimum atomic E-state index is -2.86. The highest BCUT2D eigenvalue weighted by Gasteiger charge is 2.13. The van der Waals surface area contributed by atoms with Crippen molar-refractivity contribution in [3.05, 3.63) is 53.6 Å². The van der Waals surface area contributed by atoms with E-state index >= 15 is 0 Å². The summed E-state index contributed by atoms with van der Waals surface area (Å²) in [5, 5.41) is 5.92. The lowest BCUT2D eigenvalue weighted by atomic mass is 9.90. The van der Waals surface area contributed by atoms with Crippen LogP contribution in [-0.4, -0.2) is 19.1 Å². The van der Waals surface area contributed by atoms with Gasteiger partial charge in [0.2, 0.25) is 5.91 Å². The normalized spacial score (nSPS) is 13.2. The van der Waals surface area contributed by atoms with Crippen molar-refractivity contribution in [1.29, 1.82) is 0 Å². The Morgan fingerprint density at radius 1 is 1.08 bits per heavy atom. The van der Waals surface area contributed by atoms with Gasteiger partial charge in [-0.05, 0) is 67.1 Å². The summed E-state index contributed by atoms with van der Waals surface area (Å²) in [6.07, 6.45) is 4.50. The highest BCUT2D eigenvalue weighted by molar-refractivity contribution is 5.93. The lowest BCUT2D eigenvalue weighted by Gasteiger charge is -2.20. The average Bonchev–Trinajstić information content (AvgIpc) is 2.61. The van der Waals surface area contributed by atoms with Crippen LogP contribution in [0.5, 0.6) is 5.75 Å². The number of amides is 1. The minimum Gasteiger partial charge on any atom is -0.435 e. The highest BCUT2D eigenvalue weighted by Crippen LogP contribution is 2.27. The monoisotopic (exact) mass is 346 g/mol. The first-order chi connectivity index (χ1) is 12.1. The van der Waals surface area contributed by atoms with Gasteiger partial charge < -0.3 is 15.4 Å². The Labute approximate surface area is 145 Å². The van der Waals surface area contributed by atoms with E-state index in [2.05, 4.69) is 21.4 Å². The van der Waals surface area contributed by atoms with Crippen LogP contribution in [0.15, 0.2) is 42.5 Å². The smallest absolute Gasteiger partial charge is 0.387 e. The van der Waals surface area contributed by atoms with Gasteiger partial charge in [0, 0.05) is 11.4 Å². The Bertz CT molecular complexity index is 733. The van der Waals surface area contributed by atoms with Crippen LogP contribution in [0, 0.1) is 0 Å². The van der Waals surface area contributed by atoms with Crippen LogP contribution in [-0.2, 0) is 17.6 Å². The molecule has 0 saturated carbocycles. The third kappa shape index (κ3) is 4.68. The van der Waals surface area contributed by atoms with E-state index in [1.54, 1.807) is 0 Å². The van der Waals surface area contributed by atoms with E-state index in [0.717, 1.165) is 18.5 Å². The van der Waals surface area contributed by atoms with E-state index in [9.17, 15) is 13.6 Å². The largest absolute Gasteiger partial charge is 0.435 e. The summed E-state index contributed by atoms with van der Waals surface area (Å²) in [7, 11) is 0. The van der Waals surface area contributed by atoms with Crippen LogP contribution < -0.4 is 15.4 Å². The topological polar surface area (TPSA) is 50.4 Å². The van der Waals surface area contributed by atoms with E-state index in [4.69, 9.17) is 0 Å². The van der Waals surface area contributed by atoms with Crippen molar-refractivity contribution in [1.82, 2.24) is 0 Å². The molecule has 1 aliphatic carbocycles. The molecular weight excluding hydrogens is 326 g/mol. The SMILES string of the molecule is O=C(CNc1cccc2c1CCCC2)Nc1ccc(OC(F)F)cc1. The molecule has 0 radical (unpaired) electrons. The van der Waals surface area contributed by atoms with Crippen LogP contribution in [0.1, 0.15) is 24.0 Å². The van der Waals surface area contributed by atoms with Gasteiger partial charge in [-0.25, -0.2) is 0 Å². The van der Waals surface area contributed by atoms with Gasteiger partial charge in [-0.2, -0.15) is 8.78 Å². The summed E-state index contributed by atoms with van der Waals surface area (Å²) < 4.78 is 28.5. The van der Waals surface area contributed by atoms with Crippen molar-refractivity contribution in [3.63, 3.8) is 0 Å². The molecule has 0 bridgehead atoms. The number of benzene rings is 2. The van der Waals surface area contributed by atoms with Crippen molar-refractivity contribution >= 4 is 17.3 Å². The Morgan fingerprint density at radius 3 is 2.60 bits per heavy atom. The molecule has 1 amide bonds. The standard InChI is InChI=1S/C19H20F2N2O2/c20-19(21)25-15-10-8-14(9-11-15)23-18(24)12-22-17-7-3-5-13-4-1-2-6-16(13)17/h3,5,7-11,19,22H,1-2,4,6,12H2,(H,23,24). The van der Waals surface area contributed by atoms with Crippen molar-refractivity contribution in [3.8, 4) is 5.75 Å². The molecule has 0 unspecified atom stereocenters. The number of hydrogen-bond acceptors (Lipinski definition) is 3. The van der Waals surface area contributed by atoms with Crippen molar-refractivity contribution < 1.29 is 18.3 Å². The second-order valence-corrected chi connectivity index (χ2v) is 5.95. The van der Waals surface area contributed by atoms with Gasteiger partial charge in [0.1, 0.15) is 5.75 Å². The molecule has 4 nitrogen and oxygen atoms in total. The minimum absolute atomic E-state index is 0.0574. The first kappa shape index (κ1) is 17.2. The van der Waals surface area contributed by atoms with Gasteiger partial charge in [0.05, 0.1) is 6.54 Å². The number of alkyl halides is 2. The van der Waals surface area contributed by atoms with Crippen molar-refractivity contribution in [2.45, 2.75) is 32.3 Å². The van der Waals surface area contributed by atoms with Gasteiger partial charge in [0.25, 0.3) is 0 Å². The van der Waals surface area contributed by atoms with Crippen molar-refractivity contribution in [2.75, 3.05) is 17.2 Å². The zero-order valence-corrected chi connectivity index (χ0v) is 13.7. The Hall–Kier alpha value is -2.63. The Morgan fingerprint density at radius 2 is 1.84 bits per heavy atom. The van der Waals surface area contributed by atoms with Gasteiger partial charge in [-0.3, -0.25) is 4.79 Å². The van der Waals surface area contributed by atoms with E-state index in [0.29, 0.717) is 5.69 Å². The number of hydrogen-bond donors (Lipinski definition) is 2.